The number of ether oxygens (including phenoxy) is 1. The Kier molecular flexibility index (Phi) is 7.38. The molecule has 0 bridgehead atoms. The van der Waals surface area contributed by atoms with Crippen molar-refractivity contribution in [1.82, 2.24) is 5.32 Å². The van der Waals surface area contributed by atoms with E-state index in [0.717, 1.165) is 17.9 Å². The third-order valence-electron chi connectivity index (χ3n) is 4.21. The Morgan fingerprint density at radius 3 is 2.48 bits per heavy atom. The molecule has 0 spiro atoms. The lowest BCUT2D eigenvalue weighted by atomic mass is 9.97. The van der Waals surface area contributed by atoms with Crippen LogP contribution in [0.4, 0.5) is 0 Å². The van der Waals surface area contributed by atoms with Crippen LogP contribution in [0.2, 0.25) is 0 Å². The van der Waals surface area contributed by atoms with Gasteiger partial charge in [0, 0.05) is 5.75 Å². The van der Waals surface area contributed by atoms with E-state index in [9.17, 15) is 4.79 Å². The first-order valence-corrected chi connectivity index (χ1v) is 9.76. The zero-order valence-corrected chi connectivity index (χ0v) is 16.3. The van der Waals surface area contributed by atoms with Gasteiger partial charge in [-0.25, -0.2) is 0 Å². The highest BCUT2D eigenvalue weighted by Gasteiger charge is 2.14. The molecule has 2 rings (SSSR count). The van der Waals surface area contributed by atoms with Gasteiger partial charge in [0.1, 0.15) is 5.75 Å². The highest BCUT2D eigenvalue weighted by Crippen LogP contribution is 2.22. The molecule has 2 aromatic carbocycles. The average Bonchev–Trinajstić information content (AvgIpc) is 2.61. The molecular formula is C21H27NO2S. The maximum atomic E-state index is 12.3. The van der Waals surface area contributed by atoms with Gasteiger partial charge < -0.3 is 10.1 Å². The van der Waals surface area contributed by atoms with Crippen molar-refractivity contribution < 1.29 is 9.53 Å². The molecule has 2 aromatic rings. The van der Waals surface area contributed by atoms with Gasteiger partial charge >= 0.3 is 0 Å². The van der Waals surface area contributed by atoms with Gasteiger partial charge in [-0.2, -0.15) is 0 Å². The van der Waals surface area contributed by atoms with Gasteiger partial charge in [-0.05, 0) is 49.1 Å². The predicted octanol–water partition coefficient (Wildman–Crippen LogP) is 4.81. The van der Waals surface area contributed by atoms with Crippen LogP contribution in [-0.2, 0) is 10.5 Å². The second-order valence-electron chi connectivity index (χ2n) is 6.23. The van der Waals surface area contributed by atoms with E-state index in [1.54, 1.807) is 18.9 Å². The molecule has 0 saturated carbocycles. The molecule has 0 aromatic heterocycles. The van der Waals surface area contributed by atoms with Gasteiger partial charge in [-0.1, -0.05) is 42.8 Å². The fourth-order valence-corrected chi connectivity index (χ4v) is 3.63. The van der Waals surface area contributed by atoms with E-state index in [0.29, 0.717) is 5.75 Å². The second-order valence-corrected chi connectivity index (χ2v) is 7.21. The summed E-state index contributed by atoms with van der Waals surface area (Å²) in [7, 11) is 1.66. The number of hydrogen-bond acceptors (Lipinski definition) is 3. The number of hydrogen-bond donors (Lipinski definition) is 1. The normalized spacial score (nSPS) is 11.8. The first-order chi connectivity index (χ1) is 12.0. The van der Waals surface area contributed by atoms with Gasteiger partial charge in [0.15, 0.2) is 0 Å². The monoisotopic (exact) mass is 357 g/mol. The fraction of sp³-hybridized carbons (Fsp3) is 0.381. The highest BCUT2D eigenvalue weighted by molar-refractivity contribution is 7.99. The number of carbonyl (C=O) groups excluding carboxylic acids is 1. The lowest BCUT2D eigenvalue weighted by Crippen LogP contribution is -2.30. The number of rotatable bonds is 8. The molecule has 0 aliphatic rings. The fourth-order valence-electron chi connectivity index (χ4n) is 2.84. The molecule has 1 N–H and O–H groups in total. The first-order valence-electron chi connectivity index (χ1n) is 8.60. The minimum Gasteiger partial charge on any atom is -0.497 e. The van der Waals surface area contributed by atoms with Crippen molar-refractivity contribution in [2.45, 2.75) is 39.0 Å². The highest BCUT2D eigenvalue weighted by atomic mass is 32.2. The van der Waals surface area contributed by atoms with Crippen molar-refractivity contribution in [3.05, 3.63) is 64.7 Å². The van der Waals surface area contributed by atoms with Crippen LogP contribution >= 0.6 is 11.8 Å². The van der Waals surface area contributed by atoms with Crippen LogP contribution in [0.1, 0.15) is 41.6 Å². The molecule has 4 heteroatoms. The molecular weight excluding hydrogens is 330 g/mol. The van der Waals surface area contributed by atoms with E-state index >= 15 is 0 Å². The molecule has 1 atom stereocenters. The summed E-state index contributed by atoms with van der Waals surface area (Å²) in [5.41, 5.74) is 4.89. The Hall–Kier alpha value is -1.94. The Morgan fingerprint density at radius 2 is 1.88 bits per heavy atom. The molecule has 1 amide bonds. The Labute approximate surface area is 155 Å². The summed E-state index contributed by atoms with van der Waals surface area (Å²) in [5, 5.41) is 3.17. The number of benzene rings is 2. The predicted molar refractivity (Wildman–Crippen MR) is 106 cm³/mol. The van der Waals surface area contributed by atoms with Crippen molar-refractivity contribution in [3.63, 3.8) is 0 Å². The SMILES string of the molecule is CC[C@@H](NC(=O)CSCc1ccc(OC)cc1)c1ccc(C)cc1C. The summed E-state index contributed by atoms with van der Waals surface area (Å²) >= 11 is 1.63. The van der Waals surface area contributed by atoms with Gasteiger partial charge in [0.2, 0.25) is 5.91 Å². The molecule has 134 valence electrons. The van der Waals surface area contributed by atoms with Crippen LogP contribution < -0.4 is 10.1 Å². The summed E-state index contributed by atoms with van der Waals surface area (Å²) in [6.07, 6.45) is 0.888. The molecule has 3 nitrogen and oxygen atoms in total. The minimum absolute atomic E-state index is 0.0784. The third kappa shape index (κ3) is 5.82. The molecule has 0 unspecified atom stereocenters. The van der Waals surface area contributed by atoms with E-state index in [1.165, 1.54) is 22.3 Å². The van der Waals surface area contributed by atoms with Crippen molar-refractivity contribution >= 4 is 17.7 Å². The van der Waals surface area contributed by atoms with Crippen molar-refractivity contribution in [3.8, 4) is 5.75 Å². The van der Waals surface area contributed by atoms with Crippen LogP contribution in [0.3, 0.4) is 0 Å². The molecule has 0 saturated heterocycles. The first kappa shape index (κ1) is 19.4. The van der Waals surface area contributed by atoms with E-state index in [4.69, 9.17) is 4.74 Å². The van der Waals surface area contributed by atoms with Gasteiger partial charge in [-0.3, -0.25) is 4.79 Å². The van der Waals surface area contributed by atoms with Crippen LogP contribution in [0.15, 0.2) is 42.5 Å². The smallest absolute Gasteiger partial charge is 0.230 e. The van der Waals surface area contributed by atoms with Crippen LogP contribution in [0, 0.1) is 13.8 Å². The maximum absolute atomic E-state index is 12.3. The molecule has 0 radical (unpaired) electrons. The van der Waals surface area contributed by atoms with Crippen LogP contribution in [-0.4, -0.2) is 18.8 Å². The number of carbonyl (C=O) groups is 1. The third-order valence-corrected chi connectivity index (χ3v) is 5.21. The molecule has 0 heterocycles. The summed E-state index contributed by atoms with van der Waals surface area (Å²) in [6, 6.07) is 14.5. The van der Waals surface area contributed by atoms with Crippen LogP contribution in [0.25, 0.3) is 0 Å². The Bertz CT molecular complexity index is 698. The van der Waals surface area contributed by atoms with Gasteiger partial charge in [0.25, 0.3) is 0 Å². The Balaban J connectivity index is 1.85. The zero-order chi connectivity index (χ0) is 18.2. The quantitative estimate of drug-likeness (QED) is 0.736. The van der Waals surface area contributed by atoms with Gasteiger partial charge in [-0.15, -0.1) is 11.8 Å². The van der Waals surface area contributed by atoms with E-state index < -0.39 is 0 Å². The van der Waals surface area contributed by atoms with Crippen molar-refractivity contribution in [1.29, 1.82) is 0 Å². The lowest BCUT2D eigenvalue weighted by Gasteiger charge is -2.20. The summed E-state index contributed by atoms with van der Waals surface area (Å²) < 4.78 is 5.16. The molecule has 25 heavy (non-hydrogen) atoms. The molecule has 0 aliphatic carbocycles. The minimum atomic E-state index is 0.0784. The van der Waals surface area contributed by atoms with Crippen molar-refractivity contribution in [2.75, 3.05) is 12.9 Å². The summed E-state index contributed by atoms with van der Waals surface area (Å²) in [4.78, 5) is 12.3. The number of nitrogens with one attached hydrogen (secondary N) is 1. The number of methoxy groups -OCH3 is 1. The summed E-state index contributed by atoms with van der Waals surface area (Å²) in [6.45, 7) is 6.30. The molecule has 0 aliphatic heterocycles. The zero-order valence-electron chi connectivity index (χ0n) is 15.5. The maximum Gasteiger partial charge on any atom is 0.230 e. The van der Waals surface area contributed by atoms with E-state index in [2.05, 4.69) is 44.3 Å². The van der Waals surface area contributed by atoms with Gasteiger partial charge in [0.05, 0.1) is 18.9 Å². The largest absolute Gasteiger partial charge is 0.497 e. The van der Waals surface area contributed by atoms with E-state index in [-0.39, 0.29) is 11.9 Å². The molecule has 0 fully saturated rings. The number of aryl methyl sites for hydroxylation is 2. The van der Waals surface area contributed by atoms with E-state index in [1.807, 2.05) is 24.3 Å². The standard InChI is InChI=1S/C21H27NO2S/c1-5-20(19-11-6-15(2)12-16(19)3)22-21(23)14-25-13-17-7-9-18(24-4)10-8-17/h6-12,20H,5,13-14H2,1-4H3,(H,22,23)/t20-/m1/s1. The summed E-state index contributed by atoms with van der Waals surface area (Å²) in [5.74, 6) is 2.22. The Morgan fingerprint density at radius 1 is 1.16 bits per heavy atom. The topological polar surface area (TPSA) is 38.3 Å². The number of amides is 1. The van der Waals surface area contributed by atoms with Crippen molar-refractivity contribution in [2.24, 2.45) is 0 Å². The van der Waals surface area contributed by atoms with Crippen LogP contribution in [0.5, 0.6) is 5.75 Å². The average molecular weight is 358 g/mol. The second kappa shape index (κ2) is 9.52. The lowest BCUT2D eigenvalue weighted by molar-refractivity contribution is -0.119. The number of thioether (sulfide) groups is 1.